The molecule has 2 unspecified atom stereocenters. The minimum absolute atomic E-state index is 0.339. The van der Waals surface area contributed by atoms with Gasteiger partial charge in [0.05, 0.1) is 0 Å². The van der Waals surface area contributed by atoms with E-state index in [1.807, 2.05) is 0 Å². The highest BCUT2D eigenvalue weighted by Crippen LogP contribution is 2.36. The molecule has 0 N–H and O–H groups in total. The molecule has 0 heterocycles. The molecule has 0 aliphatic heterocycles. The van der Waals surface area contributed by atoms with Crippen LogP contribution in [-0.2, 0) is 24.5 Å². The van der Waals surface area contributed by atoms with E-state index >= 15 is 0 Å². The van der Waals surface area contributed by atoms with Crippen LogP contribution in [0.15, 0.2) is 72.8 Å². The van der Waals surface area contributed by atoms with E-state index in [0.29, 0.717) is 15.6 Å². The number of fused-ring (bicyclic) bond motifs is 2. The Morgan fingerprint density at radius 2 is 0.917 bits per heavy atom. The Morgan fingerprint density at radius 1 is 0.500 bits per heavy atom. The summed E-state index contributed by atoms with van der Waals surface area (Å²) in [6, 6.07) is 25.8. The van der Waals surface area contributed by atoms with E-state index in [-0.39, 0.29) is 0 Å². The van der Waals surface area contributed by atoms with Crippen molar-refractivity contribution < 1.29 is 0 Å². The Balaban J connectivity index is 2.21. The molecule has 4 aromatic carbocycles. The van der Waals surface area contributed by atoms with E-state index in [9.17, 15) is 0 Å². The van der Waals surface area contributed by atoms with E-state index in [0.717, 1.165) is 0 Å². The van der Waals surface area contributed by atoms with Gasteiger partial charge in [-0.2, -0.15) is 0 Å². The number of benzene rings is 4. The van der Waals surface area contributed by atoms with Crippen molar-refractivity contribution in [1.82, 2.24) is 0 Å². The average Bonchev–Trinajstić information content (AvgIpc) is 2.66. The zero-order chi connectivity index (χ0) is 16.5. The predicted octanol–water partition coefficient (Wildman–Crippen LogP) is 5.19. The van der Waals surface area contributed by atoms with E-state index in [2.05, 4.69) is 72.8 Å². The average molecular weight is 380 g/mol. The first-order chi connectivity index (χ1) is 11.8. The summed E-state index contributed by atoms with van der Waals surface area (Å²) >= 11 is 11.0. The molecule has 4 rings (SSSR count). The Labute approximate surface area is 155 Å². The largest absolute Gasteiger partial charge is 0.757 e. The fourth-order valence-corrected chi connectivity index (χ4v) is 5.30. The van der Waals surface area contributed by atoms with Crippen LogP contribution in [0.2, 0.25) is 0 Å². The van der Waals surface area contributed by atoms with E-state index in [1.165, 1.54) is 43.3 Å². The molecule has 0 aliphatic rings. The fraction of sp³-hybridized carbons (Fsp3) is 0. The van der Waals surface area contributed by atoms with Gasteiger partial charge in [-0.25, -0.2) is 15.6 Å². The van der Waals surface area contributed by atoms with Crippen molar-refractivity contribution in [3.8, 4) is 11.1 Å². The maximum atomic E-state index is 5.48. The molecule has 0 radical (unpaired) electrons. The van der Waals surface area contributed by atoms with Gasteiger partial charge in [0.15, 0.2) is 0 Å². The first-order valence-electron chi connectivity index (χ1n) is 7.63. The van der Waals surface area contributed by atoms with Gasteiger partial charge in [0.1, 0.15) is 0 Å². The molecule has 118 valence electrons. The van der Waals surface area contributed by atoms with Crippen molar-refractivity contribution in [3.63, 3.8) is 0 Å². The van der Waals surface area contributed by atoms with Crippen molar-refractivity contribution in [1.29, 1.82) is 0 Å². The zero-order valence-corrected chi connectivity index (χ0v) is 16.4. The van der Waals surface area contributed by atoms with Crippen molar-refractivity contribution in [2.75, 3.05) is 0 Å². The van der Waals surface area contributed by atoms with Crippen LogP contribution in [-0.4, -0.2) is 0 Å². The molecule has 4 aromatic rings. The Kier molecular flexibility index (Phi) is 4.83. The topological polar surface area (TPSA) is 0 Å². The molecule has 0 aromatic heterocycles. The second-order valence-electron chi connectivity index (χ2n) is 5.62. The van der Waals surface area contributed by atoms with Crippen LogP contribution >= 0.6 is 15.6 Å². The summed E-state index contributed by atoms with van der Waals surface area (Å²) in [6.07, 6.45) is 0. The molecule has 0 amide bonds. The Hall–Kier alpha value is -1.04. The van der Waals surface area contributed by atoms with Gasteiger partial charge in [-0.15, -0.1) is 0 Å². The molecule has 0 nitrogen and oxygen atoms in total. The predicted molar refractivity (Wildman–Crippen MR) is 118 cm³/mol. The van der Waals surface area contributed by atoms with Gasteiger partial charge >= 0.3 is 0 Å². The Morgan fingerprint density at radius 3 is 1.33 bits per heavy atom. The fourth-order valence-electron chi connectivity index (χ4n) is 3.25. The maximum Gasteiger partial charge on any atom is -0.00383 e. The molecule has 0 spiro atoms. The minimum Gasteiger partial charge on any atom is -0.757 e. The lowest BCUT2D eigenvalue weighted by Crippen LogP contribution is -2.08. The zero-order valence-electron chi connectivity index (χ0n) is 12.7. The van der Waals surface area contributed by atoms with Crippen LogP contribution in [0.25, 0.3) is 32.7 Å². The van der Waals surface area contributed by atoms with Gasteiger partial charge in [0, 0.05) is 0 Å². The molecular weight excluding hydrogens is 366 g/mol. The lowest BCUT2D eigenvalue weighted by Gasteiger charge is -2.22. The third-order valence-electron chi connectivity index (χ3n) is 4.33. The SMILES string of the molecule is [S-]Pc1ccc2ccccc2c1-c1c(P[S-])ccc2ccccc12. The quantitative estimate of drug-likeness (QED) is 0.354. The van der Waals surface area contributed by atoms with E-state index < -0.39 is 0 Å². The lowest BCUT2D eigenvalue weighted by atomic mass is 9.94. The van der Waals surface area contributed by atoms with Gasteiger partial charge < -0.3 is 24.5 Å². The monoisotopic (exact) mass is 380 g/mol. The van der Waals surface area contributed by atoms with Crippen LogP contribution < -0.4 is 10.6 Å². The third kappa shape index (κ3) is 2.76. The normalized spacial score (nSPS) is 12.2. The second kappa shape index (κ2) is 7.06. The van der Waals surface area contributed by atoms with Crippen molar-refractivity contribution in [2.24, 2.45) is 0 Å². The number of hydrogen-bond acceptors (Lipinski definition) is 2. The van der Waals surface area contributed by atoms with Crippen LogP contribution in [0.5, 0.6) is 0 Å². The van der Waals surface area contributed by atoms with E-state index in [1.54, 1.807) is 0 Å². The van der Waals surface area contributed by atoms with Crippen molar-refractivity contribution in [3.05, 3.63) is 72.8 Å². The summed E-state index contributed by atoms with van der Waals surface area (Å²) in [7, 11) is 0.678. The molecule has 0 saturated heterocycles. The molecule has 0 saturated carbocycles. The van der Waals surface area contributed by atoms with Crippen molar-refractivity contribution in [2.45, 2.75) is 0 Å². The third-order valence-corrected chi connectivity index (χ3v) is 6.92. The highest BCUT2D eigenvalue weighted by Gasteiger charge is 2.13. The summed E-state index contributed by atoms with van der Waals surface area (Å²) in [5.74, 6) is 0. The van der Waals surface area contributed by atoms with Crippen LogP contribution in [0.4, 0.5) is 0 Å². The number of rotatable bonds is 3. The van der Waals surface area contributed by atoms with Crippen LogP contribution in [0, 0.1) is 0 Å². The molecule has 4 heteroatoms. The van der Waals surface area contributed by atoms with Crippen LogP contribution in [0.1, 0.15) is 0 Å². The summed E-state index contributed by atoms with van der Waals surface area (Å²) in [6.45, 7) is 0. The molecular formula is C20H14P2S2-2. The van der Waals surface area contributed by atoms with Crippen LogP contribution in [0.3, 0.4) is 0 Å². The van der Waals surface area contributed by atoms with Crippen molar-refractivity contribution >= 4 is 72.2 Å². The first-order valence-corrected chi connectivity index (χ1v) is 11.9. The molecule has 0 aliphatic carbocycles. The van der Waals surface area contributed by atoms with Gasteiger partial charge in [-0.05, 0) is 43.3 Å². The highest BCUT2D eigenvalue weighted by atomic mass is 32.7. The first kappa shape index (κ1) is 16.4. The molecule has 24 heavy (non-hydrogen) atoms. The van der Waals surface area contributed by atoms with Gasteiger partial charge in [-0.3, -0.25) is 0 Å². The van der Waals surface area contributed by atoms with Gasteiger partial charge in [-0.1, -0.05) is 72.8 Å². The summed E-state index contributed by atoms with van der Waals surface area (Å²) < 4.78 is 0. The Bertz CT molecular complexity index is 959. The molecule has 2 atom stereocenters. The minimum atomic E-state index is 0.339. The standard InChI is InChI=1S/C20H14P2S2/c23-21-17-11-9-13-5-1-3-7-15(13)19(17)20-16-8-4-2-6-14(16)10-12-18(20)22-24/h1-12,21-22H/q-2. The van der Waals surface area contributed by atoms with Gasteiger partial charge in [0.25, 0.3) is 0 Å². The molecule has 0 fully saturated rings. The smallest absolute Gasteiger partial charge is 0.00383 e. The van der Waals surface area contributed by atoms with Gasteiger partial charge in [0.2, 0.25) is 0 Å². The number of hydrogen-bond donors (Lipinski definition) is 0. The second-order valence-corrected chi connectivity index (χ2v) is 8.33. The highest BCUT2D eigenvalue weighted by molar-refractivity contribution is 8.28. The maximum absolute atomic E-state index is 5.48. The molecule has 0 bridgehead atoms. The summed E-state index contributed by atoms with van der Waals surface area (Å²) in [5, 5.41) is 7.48. The summed E-state index contributed by atoms with van der Waals surface area (Å²) in [5.41, 5.74) is 2.54. The lowest BCUT2D eigenvalue weighted by molar-refractivity contribution is 1.74. The van der Waals surface area contributed by atoms with E-state index in [4.69, 9.17) is 24.5 Å². The summed E-state index contributed by atoms with van der Waals surface area (Å²) in [4.78, 5) is 0.